The summed E-state index contributed by atoms with van der Waals surface area (Å²) in [4.78, 5) is 10.7. The fraction of sp³-hybridized carbons (Fsp3) is 0.579. The number of carbonyl (C=O) groups is 1. The van der Waals surface area contributed by atoms with Crippen LogP contribution in [0.1, 0.15) is 66.2 Å². The first-order valence-electron chi connectivity index (χ1n) is 7.93. The molecule has 122 valence electrons. The molecule has 0 bridgehead atoms. The van der Waals surface area contributed by atoms with Gasteiger partial charge in [-0.2, -0.15) is 5.26 Å². The van der Waals surface area contributed by atoms with Crippen molar-refractivity contribution in [3.8, 4) is 6.07 Å². The number of nitrogens with zero attached hydrogens (tertiary/aromatic N) is 1. The van der Waals surface area contributed by atoms with Gasteiger partial charge in [-0.1, -0.05) is 34.9 Å². The third-order valence-electron chi connectivity index (χ3n) is 3.52. The zero-order chi connectivity index (χ0) is 17.0. The van der Waals surface area contributed by atoms with E-state index in [4.69, 9.17) is 10.4 Å². The van der Waals surface area contributed by atoms with Crippen LogP contribution in [0.4, 0.5) is 0 Å². The van der Waals surface area contributed by atoms with E-state index in [1.165, 1.54) is 16.7 Å². The fourth-order valence-corrected chi connectivity index (χ4v) is 2.08. The van der Waals surface area contributed by atoms with E-state index in [9.17, 15) is 4.79 Å². The average molecular weight is 303 g/mol. The Balaban J connectivity index is 4.04. The second kappa shape index (κ2) is 11.8. The number of nitriles is 1. The van der Waals surface area contributed by atoms with Gasteiger partial charge < -0.3 is 5.11 Å². The Morgan fingerprint density at radius 3 is 1.95 bits per heavy atom. The number of carboxylic acid groups (broad SMARTS) is 1. The first kappa shape index (κ1) is 20.2. The molecular weight excluding hydrogens is 274 g/mol. The van der Waals surface area contributed by atoms with Crippen LogP contribution in [0, 0.1) is 17.2 Å². The molecule has 1 atom stereocenters. The van der Waals surface area contributed by atoms with E-state index in [1.807, 2.05) is 6.07 Å². The summed E-state index contributed by atoms with van der Waals surface area (Å²) >= 11 is 0. The van der Waals surface area contributed by atoms with Crippen LogP contribution in [-0.4, -0.2) is 11.1 Å². The SMILES string of the molecule is CC(C)=CCC/C(C)=C/CCC(C)=CCCC(C#N)C(=O)O. The predicted octanol–water partition coefficient (Wildman–Crippen LogP) is 5.41. The smallest absolute Gasteiger partial charge is 0.320 e. The summed E-state index contributed by atoms with van der Waals surface area (Å²) in [7, 11) is 0. The van der Waals surface area contributed by atoms with Gasteiger partial charge in [0.1, 0.15) is 5.92 Å². The van der Waals surface area contributed by atoms with Crippen LogP contribution in [0.5, 0.6) is 0 Å². The molecule has 0 aromatic carbocycles. The molecule has 0 fully saturated rings. The van der Waals surface area contributed by atoms with Gasteiger partial charge in [0.05, 0.1) is 6.07 Å². The summed E-state index contributed by atoms with van der Waals surface area (Å²) in [6.45, 7) is 8.47. The number of allylic oxidation sites excluding steroid dienone is 6. The maximum atomic E-state index is 10.7. The van der Waals surface area contributed by atoms with E-state index >= 15 is 0 Å². The lowest BCUT2D eigenvalue weighted by Gasteiger charge is -2.03. The third kappa shape index (κ3) is 10.9. The lowest BCUT2D eigenvalue weighted by atomic mass is 10.0. The van der Waals surface area contributed by atoms with Crippen molar-refractivity contribution < 1.29 is 9.90 Å². The highest BCUT2D eigenvalue weighted by Crippen LogP contribution is 2.13. The number of rotatable bonds is 10. The van der Waals surface area contributed by atoms with E-state index in [-0.39, 0.29) is 0 Å². The molecule has 1 unspecified atom stereocenters. The number of carboxylic acids is 1. The molecule has 0 aliphatic heterocycles. The lowest BCUT2D eigenvalue weighted by Crippen LogP contribution is -2.10. The van der Waals surface area contributed by atoms with Crippen molar-refractivity contribution in [3.63, 3.8) is 0 Å². The van der Waals surface area contributed by atoms with Gasteiger partial charge in [-0.15, -0.1) is 0 Å². The molecule has 22 heavy (non-hydrogen) atoms. The Bertz CT molecular complexity index is 474. The highest BCUT2D eigenvalue weighted by Gasteiger charge is 2.14. The second-order valence-electron chi connectivity index (χ2n) is 6.06. The minimum atomic E-state index is -1.02. The summed E-state index contributed by atoms with van der Waals surface area (Å²) in [6, 6.07) is 1.82. The van der Waals surface area contributed by atoms with Gasteiger partial charge in [0.25, 0.3) is 0 Å². The third-order valence-corrected chi connectivity index (χ3v) is 3.52. The van der Waals surface area contributed by atoms with Crippen molar-refractivity contribution >= 4 is 5.97 Å². The first-order chi connectivity index (χ1) is 10.4. The van der Waals surface area contributed by atoms with Gasteiger partial charge >= 0.3 is 5.97 Å². The van der Waals surface area contributed by atoms with Gasteiger partial charge in [0.15, 0.2) is 0 Å². The summed E-state index contributed by atoms with van der Waals surface area (Å²) < 4.78 is 0. The van der Waals surface area contributed by atoms with Crippen LogP contribution >= 0.6 is 0 Å². The molecule has 3 nitrogen and oxygen atoms in total. The Morgan fingerprint density at radius 2 is 1.50 bits per heavy atom. The Kier molecular flexibility index (Phi) is 10.8. The van der Waals surface area contributed by atoms with Crippen molar-refractivity contribution in [1.29, 1.82) is 5.26 Å². The standard InChI is InChI=1S/C19H29NO2/c1-15(2)8-5-9-16(3)10-6-11-17(4)12-7-13-18(14-20)19(21)22/h8,10,12,18H,5-7,9,11,13H2,1-4H3,(H,21,22)/b16-10+,17-12?. The van der Waals surface area contributed by atoms with E-state index in [0.717, 1.165) is 25.7 Å². The van der Waals surface area contributed by atoms with Gasteiger partial charge in [-0.25, -0.2) is 0 Å². The topological polar surface area (TPSA) is 61.1 Å². The Morgan fingerprint density at radius 1 is 1.00 bits per heavy atom. The highest BCUT2D eigenvalue weighted by molar-refractivity contribution is 5.72. The molecule has 0 aliphatic carbocycles. The maximum absolute atomic E-state index is 10.7. The summed E-state index contributed by atoms with van der Waals surface area (Å²) in [5.74, 6) is -1.91. The molecule has 0 aromatic rings. The van der Waals surface area contributed by atoms with Crippen molar-refractivity contribution in [3.05, 3.63) is 34.9 Å². The zero-order valence-corrected chi connectivity index (χ0v) is 14.4. The van der Waals surface area contributed by atoms with Crippen LogP contribution < -0.4 is 0 Å². The molecule has 0 saturated carbocycles. The van der Waals surface area contributed by atoms with Crippen LogP contribution in [-0.2, 0) is 4.79 Å². The molecule has 1 N–H and O–H groups in total. The first-order valence-corrected chi connectivity index (χ1v) is 7.93. The van der Waals surface area contributed by atoms with E-state index in [1.54, 1.807) is 0 Å². The highest BCUT2D eigenvalue weighted by atomic mass is 16.4. The van der Waals surface area contributed by atoms with Crippen LogP contribution in [0.25, 0.3) is 0 Å². The second-order valence-corrected chi connectivity index (χ2v) is 6.06. The van der Waals surface area contributed by atoms with Crippen LogP contribution in [0.3, 0.4) is 0 Å². The fourth-order valence-electron chi connectivity index (χ4n) is 2.08. The normalized spacial score (nSPS) is 13.4. The molecule has 0 heterocycles. The summed E-state index contributed by atoms with van der Waals surface area (Å²) in [5, 5.41) is 17.5. The zero-order valence-electron chi connectivity index (χ0n) is 14.4. The van der Waals surface area contributed by atoms with E-state index in [0.29, 0.717) is 12.8 Å². The summed E-state index contributed by atoms with van der Waals surface area (Å²) in [5.41, 5.74) is 4.04. The summed E-state index contributed by atoms with van der Waals surface area (Å²) in [6.07, 6.45) is 11.9. The van der Waals surface area contributed by atoms with Gasteiger partial charge in [0.2, 0.25) is 0 Å². The van der Waals surface area contributed by atoms with Crippen LogP contribution in [0.15, 0.2) is 34.9 Å². The molecule has 0 rings (SSSR count). The van der Waals surface area contributed by atoms with E-state index < -0.39 is 11.9 Å². The van der Waals surface area contributed by atoms with E-state index in [2.05, 4.69) is 45.9 Å². The number of aliphatic carboxylic acids is 1. The quantitative estimate of drug-likeness (QED) is 0.549. The molecule has 0 saturated heterocycles. The molecule has 0 aromatic heterocycles. The minimum Gasteiger partial charge on any atom is -0.480 e. The molecular formula is C19H29NO2. The largest absolute Gasteiger partial charge is 0.480 e. The van der Waals surface area contributed by atoms with Crippen molar-refractivity contribution in [2.75, 3.05) is 0 Å². The van der Waals surface area contributed by atoms with Gasteiger partial charge in [-0.05, 0) is 66.2 Å². The molecule has 0 amide bonds. The number of hydrogen-bond donors (Lipinski definition) is 1. The molecule has 0 spiro atoms. The van der Waals surface area contributed by atoms with Crippen molar-refractivity contribution in [1.82, 2.24) is 0 Å². The van der Waals surface area contributed by atoms with Crippen LogP contribution in [0.2, 0.25) is 0 Å². The van der Waals surface area contributed by atoms with Gasteiger partial charge in [-0.3, -0.25) is 4.79 Å². The molecule has 0 aliphatic rings. The lowest BCUT2D eigenvalue weighted by molar-refractivity contribution is -0.139. The maximum Gasteiger partial charge on any atom is 0.320 e. The van der Waals surface area contributed by atoms with Gasteiger partial charge in [0, 0.05) is 0 Å². The molecule has 0 radical (unpaired) electrons. The molecule has 3 heteroatoms. The monoisotopic (exact) mass is 303 g/mol. The predicted molar refractivity (Wildman–Crippen MR) is 91.4 cm³/mol. The van der Waals surface area contributed by atoms with Crippen molar-refractivity contribution in [2.24, 2.45) is 5.92 Å². The Hall–Kier alpha value is -1.82. The van der Waals surface area contributed by atoms with Crippen molar-refractivity contribution in [2.45, 2.75) is 66.2 Å². The minimum absolute atomic E-state index is 0.390. The Labute approximate surface area is 135 Å². The number of hydrogen-bond acceptors (Lipinski definition) is 2. The average Bonchev–Trinajstić information content (AvgIpc) is 2.42.